The van der Waals surface area contributed by atoms with Crippen molar-refractivity contribution in [1.82, 2.24) is 19.9 Å². The van der Waals surface area contributed by atoms with Crippen LogP contribution in [-0.2, 0) is 13.0 Å². The van der Waals surface area contributed by atoms with Crippen LogP contribution in [0.2, 0.25) is 0 Å². The summed E-state index contributed by atoms with van der Waals surface area (Å²) in [6, 6.07) is 9.57. The molecule has 0 amide bonds. The molecule has 0 unspecified atom stereocenters. The van der Waals surface area contributed by atoms with E-state index in [1.807, 2.05) is 25.3 Å². The van der Waals surface area contributed by atoms with Crippen LogP contribution >= 0.6 is 0 Å². The van der Waals surface area contributed by atoms with Crippen molar-refractivity contribution in [3.8, 4) is 11.4 Å². The lowest BCUT2D eigenvalue weighted by molar-refractivity contribution is 0.726. The number of nitrogens with one attached hydrogen (secondary N) is 2. The molecular weight excluding hydrogens is 376 g/mol. The highest BCUT2D eigenvalue weighted by atomic mass is 16.1. The van der Waals surface area contributed by atoms with Crippen LogP contribution in [0.25, 0.3) is 11.4 Å². The molecule has 1 fully saturated rings. The average molecular weight is 405 g/mol. The number of aromatic nitrogens is 4. The summed E-state index contributed by atoms with van der Waals surface area (Å²) in [6.07, 6.45) is 9.51. The topological polar surface area (TPSA) is 86.8 Å². The summed E-state index contributed by atoms with van der Waals surface area (Å²) in [5.74, 6) is 2.38. The molecule has 156 valence electrons. The Hall–Kier alpha value is -3.22. The largest absolute Gasteiger partial charge is 0.366 e. The van der Waals surface area contributed by atoms with Gasteiger partial charge in [-0.15, -0.1) is 0 Å². The first-order valence-corrected chi connectivity index (χ1v) is 10.7. The summed E-state index contributed by atoms with van der Waals surface area (Å²) in [4.78, 5) is 30.5. The van der Waals surface area contributed by atoms with Gasteiger partial charge < -0.3 is 15.2 Å². The van der Waals surface area contributed by atoms with Crippen molar-refractivity contribution in [2.45, 2.75) is 45.6 Å². The zero-order chi connectivity index (χ0) is 20.8. The van der Waals surface area contributed by atoms with Gasteiger partial charge >= 0.3 is 0 Å². The SMILES string of the molecule is CCc1cc(=O)[nH]c(-c2ccc(NCc3ccc(N4CCCCCC4)nc3)nc2)n1. The molecule has 1 aliphatic heterocycles. The molecule has 0 bridgehead atoms. The predicted octanol–water partition coefficient (Wildman–Crippen LogP) is 3.78. The lowest BCUT2D eigenvalue weighted by Crippen LogP contribution is -2.24. The molecule has 30 heavy (non-hydrogen) atoms. The van der Waals surface area contributed by atoms with Gasteiger partial charge in [-0.3, -0.25) is 4.79 Å². The van der Waals surface area contributed by atoms with E-state index < -0.39 is 0 Å². The Bertz CT molecular complexity index is 1010. The van der Waals surface area contributed by atoms with E-state index in [2.05, 4.69) is 42.3 Å². The molecule has 0 aromatic carbocycles. The smallest absolute Gasteiger partial charge is 0.251 e. The first-order valence-electron chi connectivity index (χ1n) is 10.7. The number of hydrogen-bond donors (Lipinski definition) is 2. The summed E-state index contributed by atoms with van der Waals surface area (Å²) in [5.41, 5.74) is 2.53. The summed E-state index contributed by atoms with van der Waals surface area (Å²) in [6.45, 7) is 4.83. The number of aromatic amines is 1. The van der Waals surface area contributed by atoms with E-state index in [0.717, 1.165) is 41.5 Å². The van der Waals surface area contributed by atoms with E-state index in [9.17, 15) is 4.79 Å². The van der Waals surface area contributed by atoms with E-state index in [1.54, 1.807) is 6.20 Å². The van der Waals surface area contributed by atoms with Gasteiger partial charge in [-0.25, -0.2) is 15.0 Å². The molecule has 0 radical (unpaired) electrons. The Labute approximate surface area is 176 Å². The molecule has 7 nitrogen and oxygen atoms in total. The highest BCUT2D eigenvalue weighted by Crippen LogP contribution is 2.18. The maximum Gasteiger partial charge on any atom is 0.251 e. The monoisotopic (exact) mass is 404 g/mol. The summed E-state index contributed by atoms with van der Waals surface area (Å²) < 4.78 is 0. The van der Waals surface area contributed by atoms with Gasteiger partial charge in [0.25, 0.3) is 5.56 Å². The minimum Gasteiger partial charge on any atom is -0.366 e. The van der Waals surface area contributed by atoms with Crippen LogP contribution in [0.15, 0.2) is 47.5 Å². The zero-order valence-electron chi connectivity index (χ0n) is 17.4. The van der Waals surface area contributed by atoms with Crippen molar-refractivity contribution in [2.75, 3.05) is 23.3 Å². The van der Waals surface area contributed by atoms with Gasteiger partial charge in [0, 0.05) is 49.4 Å². The molecule has 1 saturated heterocycles. The standard InChI is InChI=1S/C23H28N6O/c1-2-19-13-22(30)28-23(27-19)18-8-9-20(25-16-18)24-14-17-7-10-21(26-15-17)29-11-5-3-4-6-12-29/h7-10,13,15-16H,2-6,11-12,14H2,1H3,(H,24,25)(H,27,28,30). The highest BCUT2D eigenvalue weighted by molar-refractivity contribution is 5.56. The van der Waals surface area contributed by atoms with Crippen molar-refractivity contribution < 1.29 is 0 Å². The molecule has 0 spiro atoms. The third kappa shape index (κ3) is 5.03. The predicted molar refractivity (Wildman–Crippen MR) is 120 cm³/mol. The summed E-state index contributed by atoms with van der Waals surface area (Å²) >= 11 is 0. The Balaban J connectivity index is 1.37. The molecule has 4 heterocycles. The molecule has 7 heteroatoms. The second-order valence-electron chi connectivity index (χ2n) is 7.65. The van der Waals surface area contributed by atoms with Crippen LogP contribution in [0.4, 0.5) is 11.6 Å². The van der Waals surface area contributed by atoms with Gasteiger partial charge in [0.05, 0.1) is 0 Å². The number of aryl methyl sites for hydroxylation is 1. The van der Waals surface area contributed by atoms with E-state index in [-0.39, 0.29) is 5.56 Å². The zero-order valence-corrected chi connectivity index (χ0v) is 17.4. The van der Waals surface area contributed by atoms with Crippen LogP contribution in [0, 0.1) is 0 Å². The number of H-pyrrole nitrogens is 1. The Morgan fingerprint density at radius 1 is 1.03 bits per heavy atom. The molecule has 1 aliphatic rings. The molecule has 4 rings (SSSR count). The second-order valence-corrected chi connectivity index (χ2v) is 7.65. The third-order valence-electron chi connectivity index (χ3n) is 5.41. The van der Waals surface area contributed by atoms with Crippen LogP contribution in [0.5, 0.6) is 0 Å². The molecular formula is C23H28N6O. The Morgan fingerprint density at radius 2 is 1.87 bits per heavy atom. The van der Waals surface area contributed by atoms with Gasteiger partial charge in [-0.2, -0.15) is 0 Å². The number of nitrogens with zero attached hydrogens (tertiary/aromatic N) is 4. The molecule has 3 aromatic rings. The number of rotatable bonds is 6. The van der Waals surface area contributed by atoms with Crippen molar-refractivity contribution in [3.63, 3.8) is 0 Å². The summed E-state index contributed by atoms with van der Waals surface area (Å²) in [7, 11) is 0. The molecule has 0 aliphatic carbocycles. The second kappa shape index (κ2) is 9.52. The fraction of sp³-hybridized carbons (Fsp3) is 0.391. The quantitative estimate of drug-likeness (QED) is 0.650. The Kier molecular flexibility index (Phi) is 6.37. The first-order chi connectivity index (χ1) is 14.7. The van der Waals surface area contributed by atoms with Crippen LogP contribution in [0.1, 0.15) is 43.9 Å². The fourth-order valence-corrected chi connectivity index (χ4v) is 3.67. The van der Waals surface area contributed by atoms with E-state index in [4.69, 9.17) is 0 Å². The minimum absolute atomic E-state index is 0.143. The van der Waals surface area contributed by atoms with E-state index >= 15 is 0 Å². The maximum absolute atomic E-state index is 11.8. The van der Waals surface area contributed by atoms with Crippen LogP contribution in [0.3, 0.4) is 0 Å². The van der Waals surface area contributed by atoms with Gasteiger partial charge in [0.1, 0.15) is 17.5 Å². The Morgan fingerprint density at radius 3 is 2.53 bits per heavy atom. The molecule has 0 saturated carbocycles. The first kappa shape index (κ1) is 20.1. The van der Waals surface area contributed by atoms with Gasteiger partial charge in [-0.05, 0) is 43.0 Å². The molecule has 3 aromatic heterocycles. The number of anilines is 2. The van der Waals surface area contributed by atoms with Gasteiger partial charge in [-0.1, -0.05) is 25.8 Å². The molecule has 0 atom stereocenters. The van der Waals surface area contributed by atoms with Crippen molar-refractivity contribution in [2.24, 2.45) is 0 Å². The minimum atomic E-state index is -0.143. The highest BCUT2D eigenvalue weighted by Gasteiger charge is 2.11. The van der Waals surface area contributed by atoms with Crippen LogP contribution < -0.4 is 15.8 Å². The fourth-order valence-electron chi connectivity index (χ4n) is 3.67. The normalized spacial score (nSPS) is 14.4. The van der Waals surface area contributed by atoms with Gasteiger partial charge in [0.2, 0.25) is 0 Å². The number of hydrogen-bond acceptors (Lipinski definition) is 6. The molecule has 2 N–H and O–H groups in total. The van der Waals surface area contributed by atoms with Gasteiger partial charge in [0.15, 0.2) is 0 Å². The van der Waals surface area contributed by atoms with Crippen LogP contribution in [-0.4, -0.2) is 33.0 Å². The third-order valence-corrected chi connectivity index (χ3v) is 5.41. The maximum atomic E-state index is 11.8. The van der Waals surface area contributed by atoms with E-state index in [0.29, 0.717) is 18.8 Å². The van der Waals surface area contributed by atoms with E-state index in [1.165, 1.54) is 31.7 Å². The van der Waals surface area contributed by atoms with Crippen molar-refractivity contribution in [1.29, 1.82) is 0 Å². The lowest BCUT2D eigenvalue weighted by Gasteiger charge is -2.21. The number of pyridine rings is 2. The van der Waals surface area contributed by atoms with Crippen molar-refractivity contribution >= 4 is 11.6 Å². The lowest BCUT2D eigenvalue weighted by atomic mass is 10.2. The van der Waals surface area contributed by atoms with Crippen molar-refractivity contribution in [3.05, 3.63) is 64.3 Å². The average Bonchev–Trinajstić information content (AvgIpc) is 3.07. The summed E-state index contributed by atoms with van der Waals surface area (Å²) in [5, 5.41) is 3.33.